The van der Waals surface area contributed by atoms with Crippen molar-refractivity contribution < 1.29 is 8.42 Å². The van der Waals surface area contributed by atoms with Crippen LogP contribution in [0.4, 0.5) is 0 Å². The standard InChI is InChI=1S/C18H32N4O2S2/c1-5-19-18(20-10-6-7-13-25-4)21-11-12-22-26(23,24)17-14-15(2)8-9-16(17)3/h8-9,14,22H,5-7,10-13H2,1-4H3,(H2,19,20,21). The smallest absolute Gasteiger partial charge is 0.240 e. The molecule has 0 heterocycles. The van der Waals surface area contributed by atoms with Gasteiger partial charge in [0.2, 0.25) is 10.0 Å². The molecule has 1 aromatic rings. The van der Waals surface area contributed by atoms with Crippen molar-refractivity contribution in [2.75, 3.05) is 38.2 Å². The van der Waals surface area contributed by atoms with Crippen LogP contribution in [0.15, 0.2) is 28.1 Å². The zero-order valence-corrected chi connectivity index (χ0v) is 17.9. The third-order valence-electron chi connectivity index (χ3n) is 3.71. The second-order valence-electron chi connectivity index (χ2n) is 6.05. The molecule has 0 atom stereocenters. The molecule has 0 aliphatic heterocycles. The molecule has 1 rings (SSSR count). The Hall–Kier alpha value is -1.25. The zero-order chi connectivity index (χ0) is 19.4. The maximum Gasteiger partial charge on any atom is 0.240 e. The molecule has 148 valence electrons. The summed E-state index contributed by atoms with van der Waals surface area (Å²) in [6, 6.07) is 5.44. The fourth-order valence-corrected chi connectivity index (χ4v) is 4.18. The van der Waals surface area contributed by atoms with Crippen LogP contribution >= 0.6 is 11.8 Å². The molecule has 0 aliphatic carbocycles. The van der Waals surface area contributed by atoms with Crippen LogP contribution in [0.3, 0.4) is 0 Å². The van der Waals surface area contributed by atoms with Gasteiger partial charge in [-0.25, -0.2) is 13.1 Å². The van der Waals surface area contributed by atoms with Crippen LogP contribution in [-0.2, 0) is 10.0 Å². The summed E-state index contributed by atoms with van der Waals surface area (Å²) in [4.78, 5) is 4.85. The molecular weight excluding hydrogens is 368 g/mol. The minimum Gasteiger partial charge on any atom is -0.357 e. The number of sulfonamides is 1. The zero-order valence-electron chi connectivity index (χ0n) is 16.3. The number of hydrogen-bond acceptors (Lipinski definition) is 4. The predicted octanol–water partition coefficient (Wildman–Crippen LogP) is 2.28. The lowest BCUT2D eigenvalue weighted by Crippen LogP contribution is -2.41. The van der Waals surface area contributed by atoms with Crippen molar-refractivity contribution >= 4 is 27.7 Å². The molecule has 0 amide bonds. The molecule has 0 spiro atoms. The number of rotatable bonds is 11. The van der Waals surface area contributed by atoms with Gasteiger partial charge in [0.15, 0.2) is 5.96 Å². The highest BCUT2D eigenvalue weighted by Gasteiger charge is 2.16. The van der Waals surface area contributed by atoms with Gasteiger partial charge in [-0.1, -0.05) is 12.1 Å². The first-order chi connectivity index (χ1) is 12.4. The number of aryl methyl sites for hydroxylation is 2. The Kier molecular flexibility index (Phi) is 10.7. The summed E-state index contributed by atoms with van der Waals surface area (Å²) in [7, 11) is -3.50. The highest BCUT2D eigenvalue weighted by Crippen LogP contribution is 2.16. The van der Waals surface area contributed by atoms with E-state index in [4.69, 9.17) is 0 Å². The summed E-state index contributed by atoms with van der Waals surface area (Å²) >= 11 is 1.84. The Balaban J connectivity index is 2.49. The number of aliphatic imine (C=N–C) groups is 1. The first kappa shape index (κ1) is 22.8. The molecule has 3 N–H and O–H groups in total. The monoisotopic (exact) mass is 400 g/mol. The molecule has 8 heteroatoms. The lowest BCUT2D eigenvalue weighted by Gasteiger charge is -2.13. The van der Waals surface area contributed by atoms with E-state index < -0.39 is 10.0 Å². The number of benzene rings is 1. The Morgan fingerprint density at radius 1 is 1.15 bits per heavy atom. The fraction of sp³-hybridized carbons (Fsp3) is 0.611. The van der Waals surface area contributed by atoms with Crippen molar-refractivity contribution in [1.82, 2.24) is 15.4 Å². The SMILES string of the molecule is CCNC(=NCCCCSC)NCCNS(=O)(=O)c1cc(C)ccc1C. The summed E-state index contributed by atoms with van der Waals surface area (Å²) in [6.07, 6.45) is 4.31. The van der Waals surface area contributed by atoms with Gasteiger partial charge in [-0.3, -0.25) is 4.99 Å². The first-order valence-corrected chi connectivity index (χ1v) is 11.9. The van der Waals surface area contributed by atoms with Gasteiger partial charge in [0.25, 0.3) is 0 Å². The summed E-state index contributed by atoms with van der Waals surface area (Å²) in [5.74, 6) is 1.88. The average Bonchev–Trinajstić information content (AvgIpc) is 2.60. The van der Waals surface area contributed by atoms with E-state index in [2.05, 4.69) is 26.6 Å². The summed E-state index contributed by atoms with van der Waals surface area (Å²) < 4.78 is 27.6. The summed E-state index contributed by atoms with van der Waals surface area (Å²) in [5.41, 5.74) is 1.67. The Morgan fingerprint density at radius 2 is 1.92 bits per heavy atom. The van der Waals surface area contributed by atoms with Crippen LogP contribution < -0.4 is 15.4 Å². The van der Waals surface area contributed by atoms with Gasteiger partial charge in [-0.05, 0) is 62.8 Å². The van der Waals surface area contributed by atoms with E-state index in [1.54, 1.807) is 13.0 Å². The molecule has 0 fully saturated rings. The Labute approximate surface area is 162 Å². The third-order valence-corrected chi connectivity index (χ3v) is 6.01. The number of nitrogens with zero attached hydrogens (tertiary/aromatic N) is 1. The molecule has 0 unspecified atom stereocenters. The van der Waals surface area contributed by atoms with E-state index in [1.165, 1.54) is 0 Å². The normalized spacial score (nSPS) is 12.2. The van der Waals surface area contributed by atoms with Crippen LogP contribution in [0, 0.1) is 13.8 Å². The van der Waals surface area contributed by atoms with Gasteiger partial charge in [0, 0.05) is 26.2 Å². The topological polar surface area (TPSA) is 82.6 Å². The van der Waals surface area contributed by atoms with Crippen LogP contribution in [0.5, 0.6) is 0 Å². The lowest BCUT2D eigenvalue weighted by atomic mass is 10.2. The molecule has 0 aliphatic rings. The highest BCUT2D eigenvalue weighted by atomic mass is 32.2. The molecule has 0 radical (unpaired) electrons. The van der Waals surface area contributed by atoms with Crippen LogP contribution in [0.1, 0.15) is 30.9 Å². The maximum atomic E-state index is 12.5. The van der Waals surface area contributed by atoms with E-state index in [-0.39, 0.29) is 0 Å². The second-order valence-corrected chi connectivity index (χ2v) is 8.78. The summed E-state index contributed by atoms with van der Waals surface area (Å²) in [5, 5.41) is 6.34. The van der Waals surface area contributed by atoms with Crippen molar-refractivity contribution in [2.45, 2.75) is 38.5 Å². The maximum absolute atomic E-state index is 12.5. The molecule has 6 nitrogen and oxygen atoms in total. The first-order valence-electron chi connectivity index (χ1n) is 8.98. The summed E-state index contributed by atoms with van der Waals surface area (Å²) in [6.45, 7) is 8.01. The van der Waals surface area contributed by atoms with Gasteiger partial charge < -0.3 is 10.6 Å². The Bertz CT molecular complexity index is 676. The molecule has 0 bridgehead atoms. The largest absolute Gasteiger partial charge is 0.357 e. The molecular formula is C18H32N4O2S2. The second kappa shape index (κ2) is 12.2. The number of thioether (sulfide) groups is 1. The van der Waals surface area contributed by atoms with Gasteiger partial charge >= 0.3 is 0 Å². The van der Waals surface area contributed by atoms with Crippen molar-refractivity contribution in [2.24, 2.45) is 4.99 Å². The third kappa shape index (κ3) is 8.42. The number of unbranched alkanes of at least 4 members (excludes halogenated alkanes) is 1. The van der Waals surface area contributed by atoms with E-state index >= 15 is 0 Å². The van der Waals surface area contributed by atoms with Gasteiger partial charge in [-0.15, -0.1) is 0 Å². The molecule has 0 saturated carbocycles. The number of nitrogens with one attached hydrogen (secondary N) is 3. The number of guanidine groups is 1. The molecule has 0 aromatic heterocycles. The van der Waals surface area contributed by atoms with E-state index in [1.807, 2.05) is 37.7 Å². The highest BCUT2D eigenvalue weighted by molar-refractivity contribution is 7.98. The van der Waals surface area contributed by atoms with Crippen LogP contribution in [0.2, 0.25) is 0 Å². The van der Waals surface area contributed by atoms with Gasteiger partial charge in [-0.2, -0.15) is 11.8 Å². The number of hydrogen-bond donors (Lipinski definition) is 3. The average molecular weight is 401 g/mol. The van der Waals surface area contributed by atoms with Crippen LogP contribution in [0.25, 0.3) is 0 Å². The molecule has 1 aromatic carbocycles. The van der Waals surface area contributed by atoms with E-state index in [9.17, 15) is 8.42 Å². The molecule has 26 heavy (non-hydrogen) atoms. The van der Waals surface area contributed by atoms with E-state index in [0.29, 0.717) is 18.0 Å². The van der Waals surface area contributed by atoms with E-state index in [0.717, 1.165) is 48.8 Å². The minimum atomic E-state index is -3.50. The van der Waals surface area contributed by atoms with Crippen LogP contribution in [-0.4, -0.2) is 52.6 Å². The lowest BCUT2D eigenvalue weighted by molar-refractivity contribution is 0.579. The Morgan fingerprint density at radius 3 is 2.62 bits per heavy atom. The van der Waals surface area contributed by atoms with Gasteiger partial charge in [0.1, 0.15) is 0 Å². The van der Waals surface area contributed by atoms with Gasteiger partial charge in [0.05, 0.1) is 4.90 Å². The quantitative estimate of drug-likeness (QED) is 0.302. The van der Waals surface area contributed by atoms with Crippen molar-refractivity contribution in [1.29, 1.82) is 0 Å². The minimum absolute atomic E-state index is 0.298. The van der Waals surface area contributed by atoms with Crippen molar-refractivity contribution in [3.8, 4) is 0 Å². The predicted molar refractivity (Wildman–Crippen MR) is 113 cm³/mol. The fourth-order valence-electron chi connectivity index (χ4n) is 2.33. The van der Waals surface area contributed by atoms with Crippen molar-refractivity contribution in [3.63, 3.8) is 0 Å². The molecule has 0 saturated heterocycles. The van der Waals surface area contributed by atoms with Crippen molar-refractivity contribution in [3.05, 3.63) is 29.3 Å².